The van der Waals surface area contributed by atoms with Gasteiger partial charge in [0.05, 0.1) is 13.6 Å². The molecule has 1 unspecified atom stereocenters. The zero-order valence-electron chi connectivity index (χ0n) is 13.1. The highest BCUT2D eigenvalue weighted by Crippen LogP contribution is 2.40. The van der Waals surface area contributed by atoms with Gasteiger partial charge in [0, 0.05) is 0 Å². The van der Waals surface area contributed by atoms with Gasteiger partial charge in [-0.1, -0.05) is 13.0 Å². The fourth-order valence-corrected chi connectivity index (χ4v) is 5.70. The second-order valence-corrected chi connectivity index (χ2v) is 9.19. The lowest BCUT2D eigenvalue weighted by atomic mass is 9.87. The fraction of sp³-hybridized carbons (Fsp3) is 0.412. The molecule has 114 valence electrons. The monoisotopic (exact) mass is 429 g/mol. The number of halogens is 2. The molecule has 2 rings (SSSR count). The van der Waals surface area contributed by atoms with Gasteiger partial charge in [-0.25, -0.2) is 0 Å². The van der Waals surface area contributed by atoms with Crippen LogP contribution in [0.3, 0.4) is 0 Å². The second kappa shape index (κ2) is 6.95. The van der Waals surface area contributed by atoms with E-state index in [0.717, 1.165) is 10.3 Å². The zero-order valence-corrected chi connectivity index (χ0v) is 17.1. The van der Waals surface area contributed by atoms with Crippen molar-refractivity contribution in [3.05, 3.63) is 53.1 Å². The molecule has 2 aromatic rings. The molecule has 0 aliphatic rings. The lowest BCUT2D eigenvalue weighted by Crippen LogP contribution is -2.24. The smallest absolute Gasteiger partial charge is 0.0761 e. The van der Waals surface area contributed by atoms with Gasteiger partial charge in [-0.15, -0.1) is 11.3 Å². The van der Waals surface area contributed by atoms with Crippen molar-refractivity contribution >= 4 is 43.2 Å². The number of benzene rings is 1. The summed E-state index contributed by atoms with van der Waals surface area (Å²) in [5.41, 5.74) is 8.23. The van der Waals surface area contributed by atoms with Gasteiger partial charge < -0.3 is 5.32 Å². The fourth-order valence-electron chi connectivity index (χ4n) is 2.80. The molecule has 0 radical (unpaired) electrons. The van der Waals surface area contributed by atoms with E-state index >= 15 is 0 Å². The highest BCUT2D eigenvalue weighted by Gasteiger charge is 2.23. The molecule has 4 heteroatoms. The molecule has 0 fully saturated rings. The van der Waals surface area contributed by atoms with Gasteiger partial charge in [-0.3, -0.25) is 0 Å². The SMILES string of the molecule is CCNC(c1cc(Br)sc1Br)c1c(C)c(C)cc(C)c1C. The second-order valence-electron chi connectivity index (χ2n) is 5.44. The average Bonchev–Trinajstić information content (AvgIpc) is 2.74. The summed E-state index contributed by atoms with van der Waals surface area (Å²) in [6.07, 6.45) is 0. The summed E-state index contributed by atoms with van der Waals surface area (Å²) in [7, 11) is 0. The standard InChI is InChI=1S/C17H21Br2NS/c1-6-20-16(13-8-14(18)21-17(13)19)15-11(4)9(2)7-10(3)12(15)5/h7-8,16,20H,6H2,1-5H3. The summed E-state index contributed by atoms with van der Waals surface area (Å²) < 4.78 is 2.35. The van der Waals surface area contributed by atoms with Gasteiger partial charge in [0.1, 0.15) is 0 Å². The Bertz CT molecular complexity index is 635. The molecule has 0 bridgehead atoms. The molecule has 0 saturated carbocycles. The summed E-state index contributed by atoms with van der Waals surface area (Å²) in [5, 5.41) is 3.66. The molecule has 0 spiro atoms. The van der Waals surface area contributed by atoms with Gasteiger partial charge in [0.25, 0.3) is 0 Å². The van der Waals surface area contributed by atoms with Crippen LogP contribution in [0, 0.1) is 27.7 Å². The van der Waals surface area contributed by atoms with Crippen LogP contribution < -0.4 is 5.32 Å². The highest BCUT2D eigenvalue weighted by atomic mass is 79.9. The molecule has 1 nitrogen and oxygen atoms in total. The van der Waals surface area contributed by atoms with E-state index in [1.165, 1.54) is 37.2 Å². The Morgan fingerprint density at radius 1 is 1.05 bits per heavy atom. The van der Waals surface area contributed by atoms with Gasteiger partial charge in [0.15, 0.2) is 0 Å². The molecular weight excluding hydrogens is 410 g/mol. The van der Waals surface area contributed by atoms with Crippen LogP contribution in [-0.2, 0) is 0 Å². The minimum atomic E-state index is 0.227. The van der Waals surface area contributed by atoms with Crippen LogP contribution in [0.1, 0.15) is 46.3 Å². The topological polar surface area (TPSA) is 12.0 Å². The zero-order chi connectivity index (χ0) is 15.7. The van der Waals surface area contributed by atoms with Crippen molar-refractivity contribution in [3.8, 4) is 0 Å². The Hall–Kier alpha value is -0.160. The highest BCUT2D eigenvalue weighted by molar-refractivity contribution is 9.12. The van der Waals surface area contributed by atoms with E-state index in [1.54, 1.807) is 11.3 Å². The third-order valence-electron chi connectivity index (χ3n) is 4.12. The third-order valence-corrected chi connectivity index (χ3v) is 6.50. The molecule has 1 N–H and O–H groups in total. The molecule has 0 amide bonds. The first-order valence-electron chi connectivity index (χ1n) is 7.12. The van der Waals surface area contributed by atoms with Crippen molar-refractivity contribution in [2.24, 2.45) is 0 Å². The van der Waals surface area contributed by atoms with E-state index in [0.29, 0.717) is 0 Å². The Kier molecular flexibility index (Phi) is 5.69. The average molecular weight is 431 g/mol. The first-order valence-corrected chi connectivity index (χ1v) is 9.52. The Labute approximate surface area is 148 Å². The van der Waals surface area contributed by atoms with Crippen LogP contribution in [0.5, 0.6) is 0 Å². The molecule has 1 aromatic carbocycles. The number of rotatable bonds is 4. The summed E-state index contributed by atoms with van der Waals surface area (Å²) in [5.74, 6) is 0. The van der Waals surface area contributed by atoms with Crippen LogP contribution in [0.25, 0.3) is 0 Å². The number of aryl methyl sites for hydroxylation is 2. The predicted molar refractivity (Wildman–Crippen MR) is 101 cm³/mol. The minimum absolute atomic E-state index is 0.227. The first-order chi connectivity index (χ1) is 9.86. The number of hydrogen-bond acceptors (Lipinski definition) is 2. The molecular formula is C17H21Br2NS. The van der Waals surface area contributed by atoms with Crippen molar-refractivity contribution in [1.29, 1.82) is 0 Å². The number of nitrogens with one attached hydrogen (secondary N) is 1. The molecule has 1 heterocycles. The Balaban J connectivity index is 2.66. The number of hydrogen-bond donors (Lipinski definition) is 1. The lowest BCUT2D eigenvalue weighted by molar-refractivity contribution is 0.623. The summed E-state index contributed by atoms with van der Waals surface area (Å²) in [6, 6.07) is 4.74. The largest absolute Gasteiger partial charge is 0.306 e. The molecule has 0 aliphatic heterocycles. The Morgan fingerprint density at radius 3 is 2.05 bits per heavy atom. The summed E-state index contributed by atoms with van der Waals surface area (Å²) in [6.45, 7) is 12.0. The third kappa shape index (κ3) is 3.44. The van der Waals surface area contributed by atoms with Gasteiger partial charge in [-0.2, -0.15) is 0 Å². The Morgan fingerprint density at radius 2 is 1.62 bits per heavy atom. The van der Waals surface area contributed by atoms with Crippen LogP contribution in [0.4, 0.5) is 0 Å². The maximum atomic E-state index is 3.72. The maximum absolute atomic E-state index is 3.72. The van der Waals surface area contributed by atoms with Crippen molar-refractivity contribution < 1.29 is 0 Å². The van der Waals surface area contributed by atoms with E-state index in [1.807, 2.05) is 0 Å². The lowest BCUT2D eigenvalue weighted by Gasteiger charge is -2.25. The van der Waals surface area contributed by atoms with Gasteiger partial charge >= 0.3 is 0 Å². The van der Waals surface area contributed by atoms with E-state index < -0.39 is 0 Å². The quantitative estimate of drug-likeness (QED) is 0.608. The number of thiophene rings is 1. The van der Waals surface area contributed by atoms with E-state index in [4.69, 9.17) is 0 Å². The predicted octanol–water partition coefficient (Wildman–Crippen LogP) is 6.21. The van der Waals surface area contributed by atoms with Crippen molar-refractivity contribution in [1.82, 2.24) is 5.32 Å². The van der Waals surface area contributed by atoms with Crippen LogP contribution in [0.2, 0.25) is 0 Å². The van der Waals surface area contributed by atoms with Crippen LogP contribution >= 0.6 is 43.2 Å². The van der Waals surface area contributed by atoms with E-state index in [9.17, 15) is 0 Å². The normalized spacial score (nSPS) is 12.7. The van der Waals surface area contributed by atoms with Gasteiger partial charge in [-0.05, 0) is 106 Å². The van der Waals surface area contributed by atoms with Crippen molar-refractivity contribution in [2.45, 2.75) is 40.7 Å². The molecule has 0 saturated heterocycles. The van der Waals surface area contributed by atoms with E-state index in [2.05, 4.69) is 83.9 Å². The maximum Gasteiger partial charge on any atom is 0.0761 e. The molecule has 1 aromatic heterocycles. The summed E-state index contributed by atoms with van der Waals surface area (Å²) in [4.78, 5) is 0. The van der Waals surface area contributed by atoms with Crippen molar-refractivity contribution in [3.63, 3.8) is 0 Å². The molecule has 0 aliphatic carbocycles. The van der Waals surface area contributed by atoms with Crippen molar-refractivity contribution in [2.75, 3.05) is 6.54 Å². The van der Waals surface area contributed by atoms with Crippen LogP contribution in [-0.4, -0.2) is 6.54 Å². The molecule has 21 heavy (non-hydrogen) atoms. The first kappa shape index (κ1) is 17.2. The summed E-state index contributed by atoms with van der Waals surface area (Å²) >= 11 is 9.05. The molecule has 1 atom stereocenters. The van der Waals surface area contributed by atoms with Crippen LogP contribution in [0.15, 0.2) is 19.7 Å². The van der Waals surface area contributed by atoms with Gasteiger partial charge in [0.2, 0.25) is 0 Å². The van der Waals surface area contributed by atoms with E-state index in [-0.39, 0.29) is 6.04 Å². The minimum Gasteiger partial charge on any atom is -0.306 e.